The third-order valence-electron chi connectivity index (χ3n) is 4.47. The number of carbonyl (C=O) groups excluding carboxylic acids is 1. The number of rotatable bonds is 3. The average molecular weight is 320 g/mol. The second kappa shape index (κ2) is 6.13. The fourth-order valence-electron chi connectivity index (χ4n) is 2.78. The Balaban J connectivity index is 1.76. The Morgan fingerprint density at radius 1 is 1.52 bits per heavy atom. The van der Waals surface area contributed by atoms with Crippen LogP contribution in [0.5, 0.6) is 0 Å². The Kier molecular flexibility index (Phi) is 4.18. The van der Waals surface area contributed by atoms with Gasteiger partial charge in [0.2, 0.25) is 0 Å². The molecular weight excluding hydrogens is 300 g/mol. The highest BCUT2D eigenvalue weighted by Gasteiger charge is 2.31. The van der Waals surface area contributed by atoms with Crippen molar-refractivity contribution in [1.82, 2.24) is 19.8 Å². The zero-order chi connectivity index (χ0) is 16.6. The maximum absolute atomic E-state index is 12.5. The lowest BCUT2D eigenvalue weighted by molar-refractivity contribution is 0.000516. The van der Waals surface area contributed by atoms with Gasteiger partial charge in [0.05, 0.1) is 17.9 Å². The first-order valence-electron chi connectivity index (χ1n) is 7.55. The Morgan fingerprint density at radius 2 is 2.30 bits per heavy atom. The summed E-state index contributed by atoms with van der Waals surface area (Å²) in [5, 5.41) is 27.1. The summed E-state index contributed by atoms with van der Waals surface area (Å²) >= 11 is 0. The summed E-state index contributed by atoms with van der Waals surface area (Å²) < 4.78 is 6.99. The minimum absolute atomic E-state index is 0.0718. The van der Waals surface area contributed by atoms with E-state index in [2.05, 4.69) is 10.3 Å². The molecule has 0 aliphatic carbocycles. The van der Waals surface area contributed by atoms with Gasteiger partial charge in [-0.2, -0.15) is 5.10 Å². The van der Waals surface area contributed by atoms with Gasteiger partial charge in [0.1, 0.15) is 0 Å². The number of aliphatic hydroxyl groups is 2. The van der Waals surface area contributed by atoms with Gasteiger partial charge < -0.3 is 19.6 Å². The molecule has 2 atom stereocenters. The van der Waals surface area contributed by atoms with Crippen LogP contribution in [0.2, 0.25) is 0 Å². The summed E-state index contributed by atoms with van der Waals surface area (Å²) in [5.74, 6) is 0.0340. The molecule has 1 aliphatic heterocycles. The number of amides is 1. The van der Waals surface area contributed by atoms with Gasteiger partial charge in [-0.15, -0.1) is 0 Å². The molecule has 2 aromatic rings. The minimum Gasteiger partial charge on any atom is -0.396 e. The van der Waals surface area contributed by atoms with Crippen LogP contribution in [0.3, 0.4) is 0 Å². The lowest BCUT2D eigenvalue weighted by Crippen LogP contribution is -2.47. The quantitative estimate of drug-likeness (QED) is 0.837. The molecule has 0 bridgehead atoms. The number of aromatic nitrogens is 3. The van der Waals surface area contributed by atoms with E-state index < -0.39 is 6.10 Å². The van der Waals surface area contributed by atoms with Crippen LogP contribution in [0, 0.1) is 12.8 Å². The van der Waals surface area contributed by atoms with Crippen LogP contribution in [0.15, 0.2) is 16.8 Å². The molecular formula is C15H20N4O4. The molecule has 124 valence electrons. The number of piperidine rings is 1. The van der Waals surface area contributed by atoms with E-state index in [0.717, 1.165) is 11.3 Å². The first kappa shape index (κ1) is 15.7. The molecule has 3 rings (SSSR count). The highest BCUT2D eigenvalue weighted by atomic mass is 16.5. The molecule has 0 aromatic carbocycles. The largest absolute Gasteiger partial charge is 0.396 e. The molecule has 1 fully saturated rings. The molecule has 0 radical (unpaired) electrons. The number of β-amino-alcohol motifs (C(OH)–C–C–N with tert-alkyl or cyclic N) is 1. The van der Waals surface area contributed by atoms with Crippen molar-refractivity contribution in [3.05, 3.63) is 23.7 Å². The molecule has 1 amide bonds. The number of hydrogen-bond acceptors (Lipinski definition) is 6. The number of aliphatic hydroxyl groups excluding tert-OH is 2. The second-order valence-electron chi connectivity index (χ2n) is 5.89. The van der Waals surface area contributed by atoms with E-state index in [4.69, 9.17) is 9.63 Å². The molecule has 1 saturated heterocycles. The highest BCUT2D eigenvalue weighted by molar-refractivity contribution is 5.93. The average Bonchev–Trinajstić information content (AvgIpc) is 3.14. The minimum atomic E-state index is -0.718. The normalized spacial score (nSPS) is 21.7. The first-order chi connectivity index (χ1) is 11.0. The van der Waals surface area contributed by atoms with Crippen molar-refractivity contribution in [2.45, 2.75) is 19.4 Å². The van der Waals surface area contributed by atoms with E-state index in [0.29, 0.717) is 18.7 Å². The molecule has 0 unspecified atom stereocenters. The molecule has 0 spiro atoms. The van der Waals surface area contributed by atoms with Crippen molar-refractivity contribution in [3.63, 3.8) is 0 Å². The van der Waals surface area contributed by atoms with E-state index in [1.807, 2.05) is 14.0 Å². The van der Waals surface area contributed by atoms with Gasteiger partial charge >= 0.3 is 0 Å². The van der Waals surface area contributed by atoms with Crippen LogP contribution in [0.4, 0.5) is 0 Å². The third kappa shape index (κ3) is 2.87. The van der Waals surface area contributed by atoms with Crippen molar-refractivity contribution in [2.75, 3.05) is 19.7 Å². The molecule has 0 saturated carbocycles. The van der Waals surface area contributed by atoms with Gasteiger partial charge in [-0.05, 0) is 13.3 Å². The Hall–Kier alpha value is -2.19. The van der Waals surface area contributed by atoms with Gasteiger partial charge in [0.25, 0.3) is 5.91 Å². The first-order valence-corrected chi connectivity index (χ1v) is 7.55. The topological polar surface area (TPSA) is 105 Å². The molecule has 2 aromatic heterocycles. The van der Waals surface area contributed by atoms with Crippen LogP contribution < -0.4 is 0 Å². The molecule has 23 heavy (non-hydrogen) atoms. The second-order valence-corrected chi connectivity index (χ2v) is 5.89. The zero-order valence-electron chi connectivity index (χ0n) is 13.1. The SMILES string of the molecule is Cc1c(-c2cc(C(=O)N3CC[C@H](CO)[C@H](O)C3)no2)cnn1C. The van der Waals surface area contributed by atoms with Crippen molar-refractivity contribution in [1.29, 1.82) is 0 Å². The van der Waals surface area contributed by atoms with Gasteiger partial charge in [0.15, 0.2) is 11.5 Å². The summed E-state index contributed by atoms with van der Waals surface area (Å²) in [6.45, 7) is 2.51. The summed E-state index contributed by atoms with van der Waals surface area (Å²) in [4.78, 5) is 14.0. The highest BCUT2D eigenvalue weighted by Crippen LogP contribution is 2.25. The summed E-state index contributed by atoms with van der Waals surface area (Å²) in [7, 11) is 1.83. The fraction of sp³-hybridized carbons (Fsp3) is 0.533. The van der Waals surface area contributed by atoms with Crippen molar-refractivity contribution in [3.8, 4) is 11.3 Å². The Bertz CT molecular complexity index is 708. The van der Waals surface area contributed by atoms with Crippen molar-refractivity contribution in [2.24, 2.45) is 13.0 Å². The molecule has 8 heteroatoms. The van der Waals surface area contributed by atoms with Gasteiger partial charge in [-0.25, -0.2) is 0 Å². The predicted octanol–water partition coefficient (Wildman–Crippen LogP) is 0.199. The number of hydrogen-bond donors (Lipinski definition) is 2. The number of likely N-dealkylation sites (tertiary alicyclic amines) is 1. The number of carbonyl (C=O) groups is 1. The molecule has 3 heterocycles. The predicted molar refractivity (Wildman–Crippen MR) is 80.5 cm³/mol. The molecule has 2 N–H and O–H groups in total. The van der Waals surface area contributed by atoms with Crippen LogP contribution in [-0.2, 0) is 7.05 Å². The summed E-state index contributed by atoms with van der Waals surface area (Å²) in [6.07, 6.45) is 1.51. The molecule has 1 aliphatic rings. The van der Waals surface area contributed by atoms with Crippen molar-refractivity contribution < 1.29 is 19.5 Å². The smallest absolute Gasteiger partial charge is 0.276 e. The standard InChI is InChI=1S/C15H20N4O4/c1-9-11(6-16-18(9)2)14-5-12(17-23-14)15(22)19-4-3-10(8-20)13(21)7-19/h5-6,10,13,20-21H,3-4,7-8H2,1-2H3/t10-,13-/m1/s1. The Labute approximate surface area is 133 Å². The monoisotopic (exact) mass is 320 g/mol. The van der Waals surface area contributed by atoms with E-state index >= 15 is 0 Å². The van der Waals surface area contributed by atoms with Crippen LogP contribution >= 0.6 is 0 Å². The van der Waals surface area contributed by atoms with E-state index in [-0.39, 0.29) is 30.7 Å². The Morgan fingerprint density at radius 3 is 2.91 bits per heavy atom. The fourth-order valence-corrected chi connectivity index (χ4v) is 2.78. The lowest BCUT2D eigenvalue weighted by Gasteiger charge is -2.34. The molecule has 8 nitrogen and oxygen atoms in total. The van der Waals surface area contributed by atoms with Crippen LogP contribution in [-0.4, -0.2) is 61.8 Å². The number of nitrogens with zero attached hydrogens (tertiary/aromatic N) is 4. The van der Waals surface area contributed by atoms with Gasteiger partial charge in [-0.3, -0.25) is 9.48 Å². The third-order valence-corrected chi connectivity index (χ3v) is 4.47. The summed E-state index contributed by atoms with van der Waals surface area (Å²) in [6, 6.07) is 1.59. The van der Waals surface area contributed by atoms with Crippen molar-refractivity contribution >= 4 is 5.91 Å². The summed E-state index contributed by atoms with van der Waals surface area (Å²) in [5.41, 5.74) is 1.91. The van der Waals surface area contributed by atoms with Crippen LogP contribution in [0.1, 0.15) is 22.6 Å². The van der Waals surface area contributed by atoms with Crippen LogP contribution in [0.25, 0.3) is 11.3 Å². The number of aryl methyl sites for hydroxylation is 1. The maximum Gasteiger partial charge on any atom is 0.276 e. The van der Waals surface area contributed by atoms with E-state index in [9.17, 15) is 9.90 Å². The zero-order valence-corrected chi connectivity index (χ0v) is 13.1. The van der Waals surface area contributed by atoms with Gasteiger partial charge in [-0.1, -0.05) is 5.16 Å². The van der Waals surface area contributed by atoms with E-state index in [1.54, 1.807) is 16.9 Å². The maximum atomic E-state index is 12.5. The van der Waals surface area contributed by atoms with Gasteiger partial charge in [0, 0.05) is 44.4 Å². The van der Waals surface area contributed by atoms with E-state index in [1.165, 1.54) is 4.90 Å². The lowest BCUT2D eigenvalue weighted by atomic mass is 9.94.